The number of ether oxygens (including phenoxy) is 1. The number of hydrogen-bond acceptors (Lipinski definition) is 4. The van der Waals surface area contributed by atoms with Crippen LogP contribution in [0.3, 0.4) is 0 Å². The van der Waals surface area contributed by atoms with E-state index in [2.05, 4.69) is 26.2 Å². The van der Waals surface area contributed by atoms with Gasteiger partial charge in [0.1, 0.15) is 11.3 Å². The Balaban J connectivity index is 1.50. The Bertz CT molecular complexity index is 1180. The predicted molar refractivity (Wildman–Crippen MR) is 117 cm³/mol. The molecule has 0 bridgehead atoms. The summed E-state index contributed by atoms with van der Waals surface area (Å²) in [5, 5.41) is 2.90. The van der Waals surface area contributed by atoms with Crippen LogP contribution in [0, 0.1) is 13.8 Å². The lowest BCUT2D eigenvalue weighted by molar-refractivity contribution is -0.118. The normalized spacial score (nSPS) is 10.9. The van der Waals surface area contributed by atoms with Crippen molar-refractivity contribution >= 4 is 38.6 Å². The fourth-order valence-electron chi connectivity index (χ4n) is 2.91. The predicted octanol–water partition coefficient (Wildman–Crippen LogP) is 5.89. The van der Waals surface area contributed by atoms with Crippen LogP contribution in [0.1, 0.15) is 11.1 Å². The summed E-state index contributed by atoms with van der Waals surface area (Å²) in [6.45, 7) is 3.87. The number of hydrogen-bond donors (Lipinski definition) is 1. The number of nitrogens with one attached hydrogen (secondary N) is 1. The van der Waals surface area contributed by atoms with E-state index in [4.69, 9.17) is 9.15 Å². The number of benzene rings is 3. The number of nitrogens with zero attached hydrogens (tertiary/aromatic N) is 1. The van der Waals surface area contributed by atoms with Gasteiger partial charge in [0.15, 0.2) is 12.2 Å². The van der Waals surface area contributed by atoms with Gasteiger partial charge in [-0.05, 0) is 73.5 Å². The van der Waals surface area contributed by atoms with E-state index in [0.717, 1.165) is 32.3 Å². The molecule has 146 valence electrons. The summed E-state index contributed by atoms with van der Waals surface area (Å²) in [4.78, 5) is 16.9. The van der Waals surface area contributed by atoms with Crippen molar-refractivity contribution in [2.75, 3.05) is 11.9 Å². The maximum atomic E-state index is 12.3. The second-order valence-corrected chi connectivity index (χ2v) is 7.73. The molecule has 0 aliphatic carbocycles. The number of aryl methyl sites for hydroxylation is 2. The van der Waals surface area contributed by atoms with E-state index in [1.54, 1.807) is 12.1 Å². The van der Waals surface area contributed by atoms with Crippen LogP contribution in [0.2, 0.25) is 0 Å². The molecule has 4 rings (SSSR count). The van der Waals surface area contributed by atoms with Crippen molar-refractivity contribution in [3.8, 4) is 17.2 Å². The SMILES string of the molecule is Cc1ccc2nc(-c3ccc(C)c(NC(=O)COc4ccc(Br)cc4)c3)oc2c1. The third kappa shape index (κ3) is 4.49. The average molecular weight is 451 g/mol. The van der Waals surface area contributed by atoms with Gasteiger partial charge in [0.2, 0.25) is 5.89 Å². The monoisotopic (exact) mass is 450 g/mol. The van der Waals surface area contributed by atoms with Crippen molar-refractivity contribution < 1.29 is 13.9 Å². The number of halogens is 1. The molecule has 4 aromatic rings. The van der Waals surface area contributed by atoms with E-state index < -0.39 is 0 Å². The summed E-state index contributed by atoms with van der Waals surface area (Å²) in [7, 11) is 0. The number of oxazole rings is 1. The first-order valence-electron chi connectivity index (χ1n) is 9.14. The quantitative estimate of drug-likeness (QED) is 0.411. The molecule has 0 unspecified atom stereocenters. The van der Waals surface area contributed by atoms with Crippen LogP contribution in [0.4, 0.5) is 5.69 Å². The van der Waals surface area contributed by atoms with E-state index in [9.17, 15) is 4.79 Å². The van der Waals surface area contributed by atoms with Gasteiger partial charge in [0, 0.05) is 15.7 Å². The Labute approximate surface area is 176 Å². The zero-order valence-electron chi connectivity index (χ0n) is 16.0. The highest BCUT2D eigenvalue weighted by molar-refractivity contribution is 9.10. The van der Waals surface area contributed by atoms with E-state index in [1.165, 1.54) is 0 Å². The number of rotatable bonds is 5. The van der Waals surface area contributed by atoms with Crippen LogP contribution < -0.4 is 10.1 Å². The molecule has 5 nitrogen and oxygen atoms in total. The van der Waals surface area contributed by atoms with E-state index in [0.29, 0.717) is 17.3 Å². The molecule has 3 aromatic carbocycles. The third-order valence-corrected chi connectivity index (χ3v) is 5.01. The van der Waals surface area contributed by atoms with Gasteiger partial charge in [-0.15, -0.1) is 0 Å². The van der Waals surface area contributed by atoms with Gasteiger partial charge in [-0.3, -0.25) is 4.79 Å². The molecule has 0 fully saturated rings. The highest BCUT2D eigenvalue weighted by Gasteiger charge is 2.12. The van der Waals surface area contributed by atoms with Crippen molar-refractivity contribution in [1.82, 2.24) is 4.98 Å². The maximum absolute atomic E-state index is 12.3. The Morgan fingerprint density at radius 2 is 1.86 bits per heavy atom. The molecule has 29 heavy (non-hydrogen) atoms. The van der Waals surface area contributed by atoms with E-state index in [-0.39, 0.29) is 12.5 Å². The van der Waals surface area contributed by atoms with Crippen LogP contribution in [-0.2, 0) is 4.79 Å². The van der Waals surface area contributed by atoms with Crippen LogP contribution in [0.25, 0.3) is 22.6 Å². The van der Waals surface area contributed by atoms with Crippen molar-refractivity contribution in [3.63, 3.8) is 0 Å². The van der Waals surface area contributed by atoms with Gasteiger partial charge in [-0.25, -0.2) is 4.98 Å². The van der Waals surface area contributed by atoms with E-state index >= 15 is 0 Å². The Morgan fingerprint density at radius 1 is 1.07 bits per heavy atom. The van der Waals surface area contributed by atoms with Gasteiger partial charge >= 0.3 is 0 Å². The maximum Gasteiger partial charge on any atom is 0.262 e. The van der Waals surface area contributed by atoms with Gasteiger partial charge in [0.25, 0.3) is 5.91 Å². The molecular weight excluding hydrogens is 432 g/mol. The minimum atomic E-state index is -0.235. The minimum absolute atomic E-state index is 0.0759. The molecule has 0 aliphatic rings. The second-order valence-electron chi connectivity index (χ2n) is 6.81. The molecular formula is C23H19BrN2O3. The molecule has 1 heterocycles. The zero-order chi connectivity index (χ0) is 20.4. The topological polar surface area (TPSA) is 64.4 Å². The van der Waals surface area contributed by atoms with Crippen LogP contribution in [-0.4, -0.2) is 17.5 Å². The largest absolute Gasteiger partial charge is 0.484 e. The van der Waals surface area contributed by atoms with Crippen molar-refractivity contribution in [3.05, 3.63) is 76.3 Å². The Morgan fingerprint density at radius 3 is 2.66 bits per heavy atom. The number of anilines is 1. The second kappa shape index (κ2) is 8.09. The standard InChI is InChI=1S/C23H19BrN2O3/c1-14-3-10-19-21(11-14)29-23(26-19)16-5-4-15(2)20(12-16)25-22(27)13-28-18-8-6-17(24)7-9-18/h3-12H,13H2,1-2H3,(H,25,27). The summed E-state index contributed by atoms with van der Waals surface area (Å²) in [6.07, 6.45) is 0. The van der Waals surface area contributed by atoms with Crippen LogP contribution >= 0.6 is 15.9 Å². The number of amides is 1. The molecule has 0 aliphatic heterocycles. The lowest BCUT2D eigenvalue weighted by Crippen LogP contribution is -2.20. The Hall–Kier alpha value is -3.12. The lowest BCUT2D eigenvalue weighted by Gasteiger charge is -2.10. The molecule has 0 saturated heterocycles. The molecule has 1 amide bonds. The first-order chi connectivity index (χ1) is 14.0. The molecule has 0 spiro atoms. The summed E-state index contributed by atoms with van der Waals surface area (Å²) < 4.78 is 12.4. The average Bonchev–Trinajstić information content (AvgIpc) is 3.12. The highest BCUT2D eigenvalue weighted by Crippen LogP contribution is 2.28. The van der Waals surface area contributed by atoms with Crippen molar-refractivity contribution in [1.29, 1.82) is 0 Å². The van der Waals surface area contributed by atoms with Crippen LogP contribution in [0.15, 0.2) is 69.6 Å². The molecule has 0 atom stereocenters. The Kier molecular flexibility index (Phi) is 5.36. The summed E-state index contributed by atoms with van der Waals surface area (Å²) >= 11 is 3.37. The summed E-state index contributed by atoms with van der Waals surface area (Å²) in [5.41, 5.74) is 5.10. The van der Waals surface area contributed by atoms with E-state index in [1.807, 2.05) is 62.4 Å². The van der Waals surface area contributed by atoms with Gasteiger partial charge in [-0.2, -0.15) is 0 Å². The fourth-order valence-corrected chi connectivity index (χ4v) is 3.18. The first kappa shape index (κ1) is 19.2. The summed E-state index contributed by atoms with van der Waals surface area (Å²) in [5.74, 6) is 0.921. The third-order valence-electron chi connectivity index (χ3n) is 4.49. The first-order valence-corrected chi connectivity index (χ1v) is 9.94. The van der Waals surface area contributed by atoms with Gasteiger partial charge in [-0.1, -0.05) is 28.1 Å². The highest BCUT2D eigenvalue weighted by atomic mass is 79.9. The molecule has 0 radical (unpaired) electrons. The molecule has 0 saturated carbocycles. The molecule has 6 heteroatoms. The number of carbonyl (C=O) groups excluding carboxylic acids is 1. The zero-order valence-corrected chi connectivity index (χ0v) is 17.6. The van der Waals surface area contributed by atoms with Gasteiger partial charge < -0.3 is 14.5 Å². The lowest BCUT2D eigenvalue weighted by atomic mass is 10.1. The van der Waals surface area contributed by atoms with Gasteiger partial charge in [0.05, 0.1) is 0 Å². The smallest absolute Gasteiger partial charge is 0.262 e. The minimum Gasteiger partial charge on any atom is -0.484 e. The van der Waals surface area contributed by atoms with Crippen molar-refractivity contribution in [2.45, 2.75) is 13.8 Å². The fraction of sp³-hybridized carbons (Fsp3) is 0.130. The number of carbonyl (C=O) groups is 1. The molecule has 1 aromatic heterocycles. The van der Waals surface area contributed by atoms with Crippen LogP contribution in [0.5, 0.6) is 5.75 Å². The summed E-state index contributed by atoms with van der Waals surface area (Å²) in [6, 6.07) is 19.0. The number of fused-ring (bicyclic) bond motifs is 1. The van der Waals surface area contributed by atoms with Crippen molar-refractivity contribution in [2.24, 2.45) is 0 Å². The number of aromatic nitrogens is 1. The molecule has 1 N–H and O–H groups in total.